The molecule has 178 valence electrons. The Morgan fingerprint density at radius 3 is 1.27 bits per heavy atom. The van der Waals surface area contributed by atoms with Gasteiger partial charge in [0.1, 0.15) is 0 Å². The summed E-state index contributed by atoms with van der Waals surface area (Å²) < 4.78 is 48.3. The summed E-state index contributed by atoms with van der Waals surface area (Å²) in [5.74, 6) is -5.21. The molecule has 0 aromatic rings. The summed E-state index contributed by atoms with van der Waals surface area (Å²) >= 11 is 0. The standard InChI is InChI=1S/C20H38O8S2/c1-3-5-7-9-11-13-15-29(25,26)20(19(23)24,17-18(21)22)30(27,28)16-14-12-10-8-6-4-2/h3-17H2,1-2H3,(H,21,22)(H,23,24). The number of rotatable bonds is 19. The van der Waals surface area contributed by atoms with Crippen LogP contribution in [0.3, 0.4) is 0 Å². The SMILES string of the molecule is CCCCCCCCS(=O)(=O)C(CC(=O)O)(C(=O)O)S(=O)(=O)CCCCCCCC. The fourth-order valence-electron chi connectivity index (χ4n) is 3.43. The molecule has 0 unspecified atom stereocenters. The molecule has 0 atom stereocenters. The van der Waals surface area contributed by atoms with Crippen LogP contribution in [-0.4, -0.2) is 54.6 Å². The highest BCUT2D eigenvalue weighted by Crippen LogP contribution is 2.33. The predicted octanol–water partition coefficient (Wildman–Crippen LogP) is 3.79. The van der Waals surface area contributed by atoms with E-state index in [0.717, 1.165) is 51.4 Å². The average molecular weight is 471 g/mol. The molecule has 0 heterocycles. The van der Waals surface area contributed by atoms with Crippen molar-refractivity contribution in [2.45, 2.75) is 101 Å². The Morgan fingerprint density at radius 2 is 0.967 bits per heavy atom. The Bertz CT molecular complexity index is 680. The molecule has 0 saturated heterocycles. The maximum Gasteiger partial charge on any atom is 0.341 e. The molecule has 0 aromatic carbocycles. The zero-order valence-electron chi connectivity index (χ0n) is 18.3. The molecule has 0 aromatic heterocycles. The number of carbonyl (C=O) groups is 2. The van der Waals surface area contributed by atoms with Gasteiger partial charge in [-0.1, -0.05) is 78.1 Å². The van der Waals surface area contributed by atoms with Crippen LogP contribution in [0.15, 0.2) is 0 Å². The van der Waals surface area contributed by atoms with Gasteiger partial charge < -0.3 is 10.2 Å². The normalized spacial score (nSPS) is 12.7. The summed E-state index contributed by atoms with van der Waals surface area (Å²) in [5, 5.41) is 18.8. The molecule has 10 heteroatoms. The van der Waals surface area contributed by atoms with Gasteiger partial charge in [0.2, 0.25) is 0 Å². The van der Waals surface area contributed by atoms with E-state index >= 15 is 0 Å². The minimum absolute atomic E-state index is 0.104. The second-order valence-corrected chi connectivity index (χ2v) is 12.7. The van der Waals surface area contributed by atoms with Crippen molar-refractivity contribution in [1.82, 2.24) is 0 Å². The molecule has 0 aliphatic rings. The van der Waals surface area contributed by atoms with E-state index in [1.807, 2.05) is 13.8 Å². The van der Waals surface area contributed by atoms with E-state index in [4.69, 9.17) is 5.11 Å². The van der Waals surface area contributed by atoms with Gasteiger partial charge in [-0.05, 0) is 12.8 Å². The Hall–Kier alpha value is -1.16. The van der Waals surface area contributed by atoms with Crippen LogP contribution in [-0.2, 0) is 29.3 Å². The third kappa shape index (κ3) is 8.53. The van der Waals surface area contributed by atoms with E-state index in [0.29, 0.717) is 12.8 Å². The molecule has 2 N–H and O–H groups in total. The first kappa shape index (κ1) is 28.8. The number of unbranched alkanes of at least 4 members (excludes halogenated alkanes) is 10. The maximum atomic E-state index is 12.9. The van der Waals surface area contributed by atoms with E-state index in [1.54, 1.807) is 0 Å². The summed E-state index contributed by atoms with van der Waals surface area (Å²) in [7, 11) is -9.50. The minimum atomic E-state index is -4.75. The zero-order valence-corrected chi connectivity index (χ0v) is 19.9. The number of hydrogen-bond acceptors (Lipinski definition) is 6. The fraction of sp³-hybridized carbons (Fsp3) is 0.900. The Morgan fingerprint density at radius 1 is 0.633 bits per heavy atom. The Labute approximate surface area is 181 Å². The highest BCUT2D eigenvalue weighted by Gasteiger charge is 2.62. The molecule has 0 amide bonds. The summed E-state index contributed by atoms with van der Waals surface area (Å²) in [6.45, 7) is 4.07. The first-order valence-electron chi connectivity index (χ1n) is 10.9. The highest BCUT2D eigenvalue weighted by molar-refractivity contribution is 8.11. The van der Waals surface area contributed by atoms with Crippen LogP contribution in [0, 0.1) is 0 Å². The van der Waals surface area contributed by atoms with Gasteiger partial charge in [0.05, 0.1) is 17.9 Å². The van der Waals surface area contributed by atoms with Crippen molar-refractivity contribution in [1.29, 1.82) is 0 Å². The lowest BCUT2D eigenvalue weighted by Crippen LogP contribution is -2.56. The van der Waals surface area contributed by atoms with E-state index < -0.39 is 53.6 Å². The van der Waals surface area contributed by atoms with Crippen molar-refractivity contribution in [3.05, 3.63) is 0 Å². The van der Waals surface area contributed by atoms with Crippen molar-refractivity contribution >= 4 is 31.6 Å². The van der Waals surface area contributed by atoms with E-state index in [-0.39, 0.29) is 12.8 Å². The molecule has 0 saturated carbocycles. The summed E-state index contributed by atoms with van der Waals surface area (Å²) in [6.07, 6.45) is 7.09. The molecule has 0 fully saturated rings. The lowest BCUT2D eigenvalue weighted by atomic mass is 10.1. The van der Waals surface area contributed by atoms with Gasteiger partial charge in [0, 0.05) is 0 Å². The number of carboxylic acid groups (broad SMARTS) is 2. The van der Waals surface area contributed by atoms with E-state index in [9.17, 15) is 31.5 Å². The Kier molecular flexibility index (Phi) is 13.5. The largest absolute Gasteiger partial charge is 0.481 e. The molecule has 0 radical (unpaired) electrons. The van der Waals surface area contributed by atoms with Gasteiger partial charge in [-0.3, -0.25) is 4.79 Å². The monoisotopic (exact) mass is 470 g/mol. The summed E-state index contributed by atoms with van der Waals surface area (Å²) in [6, 6.07) is 0. The number of carboxylic acids is 2. The van der Waals surface area contributed by atoms with Crippen LogP contribution in [0.2, 0.25) is 0 Å². The summed E-state index contributed by atoms with van der Waals surface area (Å²) in [5.41, 5.74) is 0. The quantitative estimate of drug-likeness (QED) is 0.271. The smallest absolute Gasteiger partial charge is 0.341 e. The van der Waals surface area contributed by atoms with Crippen LogP contribution in [0.5, 0.6) is 0 Å². The molecule has 0 spiro atoms. The van der Waals surface area contributed by atoms with Crippen LogP contribution in [0.1, 0.15) is 97.3 Å². The van der Waals surface area contributed by atoms with Crippen molar-refractivity contribution in [2.75, 3.05) is 11.5 Å². The van der Waals surface area contributed by atoms with Crippen molar-refractivity contribution in [3.8, 4) is 0 Å². The molecule has 0 rings (SSSR count). The number of hydrogen-bond donors (Lipinski definition) is 2. The first-order chi connectivity index (χ1) is 14.0. The van der Waals surface area contributed by atoms with Crippen molar-refractivity contribution in [2.24, 2.45) is 0 Å². The molecule has 0 aliphatic heterocycles. The third-order valence-electron chi connectivity index (χ3n) is 5.25. The molecule has 30 heavy (non-hydrogen) atoms. The summed E-state index contributed by atoms with van der Waals surface area (Å²) in [4.78, 5) is 23.3. The Balaban J connectivity index is 5.50. The molecule has 0 aliphatic carbocycles. The maximum absolute atomic E-state index is 12.9. The lowest BCUT2D eigenvalue weighted by Gasteiger charge is -2.27. The van der Waals surface area contributed by atoms with Crippen LogP contribution in [0.25, 0.3) is 0 Å². The average Bonchev–Trinajstić information content (AvgIpc) is 2.64. The predicted molar refractivity (Wildman–Crippen MR) is 117 cm³/mol. The lowest BCUT2D eigenvalue weighted by molar-refractivity contribution is -0.144. The zero-order chi connectivity index (χ0) is 23.3. The van der Waals surface area contributed by atoms with Gasteiger partial charge in [0.15, 0.2) is 19.7 Å². The van der Waals surface area contributed by atoms with Gasteiger partial charge in [-0.25, -0.2) is 21.6 Å². The van der Waals surface area contributed by atoms with Crippen LogP contribution < -0.4 is 0 Å². The second kappa shape index (κ2) is 14.0. The van der Waals surface area contributed by atoms with Crippen molar-refractivity contribution in [3.63, 3.8) is 0 Å². The van der Waals surface area contributed by atoms with Gasteiger partial charge in [-0.15, -0.1) is 0 Å². The highest BCUT2D eigenvalue weighted by atomic mass is 32.3. The fourth-order valence-corrected chi connectivity index (χ4v) is 8.52. The van der Waals surface area contributed by atoms with Crippen LogP contribution >= 0.6 is 0 Å². The second-order valence-electron chi connectivity index (χ2n) is 7.80. The molecular formula is C20H38O8S2. The van der Waals surface area contributed by atoms with Gasteiger partial charge >= 0.3 is 11.9 Å². The molecular weight excluding hydrogens is 432 g/mol. The third-order valence-corrected chi connectivity index (χ3v) is 11.1. The topological polar surface area (TPSA) is 143 Å². The van der Waals surface area contributed by atoms with E-state index in [2.05, 4.69) is 0 Å². The van der Waals surface area contributed by atoms with Gasteiger partial charge in [-0.2, -0.15) is 0 Å². The number of aliphatic carboxylic acids is 2. The van der Waals surface area contributed by atoms with E-state index in [1.165, 1.54) is 0 Å². The number of sulfone groups is 2. The molecule has 8 nitrogen and oxygen atoms in total. The van der Waals surface area contributed by atoms with Crippen molar-refractivity contribution < 1.29 is 36.6 Å². The van der Waals surface area contributed by atoms with Gasteiger partial charge in [0.25, 0.3) is 4.08 Å². The minimum Gasteiger partial charge on any atom is -0.481 e. The molecule has 0 bridgehead atoms. The first-order valence-corrected chi connectivity index (χ1v) is 14.2. The van der Waals surface area contributed by atoms with Crippen LogP contribution in [0.4, 0.5) is 0 Å².